The van der Waals surface area contributed by atoms with Gasteiger partial charge in [-0.3, -0.25) is 24.1 Å². The summed E-state index contributed by atoms with van der Waals surface area (Å²) >= 11 is 0. The molecule has 0 unspecified atom stereocenters. The second kappa shape index (κ2) is 10.3. The minimum atomic E-state index is -2.64. The quantitative estimate of drug-likeness (QED) is 0.460. The molecule has 2 aliphatic rings. The van der Waals surface area contributed by atoms with E-state index in [-0.39, 0.29) is 11.3 Å². The summed E-state index contributed by atoms with van der Waals surface area (Å²) in [6.07, 6.45) is -2.45. The van der Waals surface area contributed by atoms with Crippen LogP contribution in [-0.4, -0.2) is 54.2 Å². The summed E-state index contributed by atoms with van der Waals surface area (Å²) in [6, 6.07) is -1.05. The van der Waals surface area contributed by atoms with Gasteiger partial charge in [-0.25, -0.2) is 4.79 Å². The fraction of sp³-hybridized carbons (Fsp3) is 0.615. The van der Waals surface area contributed by atoms with Gasteiger partial charge in [0, 0.05) is 52.2 Å². The predicted octanol–water partition coefficient (Wildman–Crippen LogP) is -0.450. The molecule has 0 radical (unpaired) electrons. The third kappa shape index (κ3) is 9.45. The number of nitrogens with one attached hydrogen (secondary N) is 2. The van der Waals surface area contributed by atoms with Crippen LogP contribution in [0.1, 0.15) is 44.5 Å². The van der Waals surface area contributed by atoms with Gasteiger partial charge in [0.1, 0.15) is 0 Å². The van der Waals surface area contributed by atoms with Crippen LogP contribution in [0, 0.1) is 0 Å². The Morgan fingerprint density at radius 2 is 1.68 bits per heavy atom. The molecule has 124 valence electrons. The maximum atomic E-state index is 11.0. The van der Waals surface area contributed by atoms with Crippen molar-refractivity contribution in [1.82, 2.24) is 15.5 Å². The Hall–Kier alpha value is -2.45. The summed E-state index contributed by atoms with van der Waals surface area (Å²) in [6.45, 7) is -4.03. The molecule has 2 fully saturated rings. The highest BCUT2D eigenvalue weighted by atomic mass is 16.6. The molecule has 0 saturated carbocycles. The van der Waals surface area contributed by atoms with Crippen molar-refractivity contribution in [2.45, 2.75) is 33.6 Å². The van der Waals surface area contributed by atoms with E-state index in [9.17, 15) is 24.0 Å². The Balaban J connectivity index is 0.000000442. The topological polar surface area (TPSA) is 122 Å². The minimum absolute atomic E-state index is 0.229. The van der Waals surface area contributed by atoms with Crippen molar-refractivity contribution in [3.63, 3.8) is 0 Å². The molecule has 22 heavy (non-hydrogen) atoms. The minimum Gasteiger partial charge on any atom is -0.394 e. The molecule has 2 heterocycles. The monoisotopic (exact) mass is 323 g/mol. The summed E-state index contributed by atoms with van der Waals surface area (Å²) < 4.78 is 60.6. The van der Waals surface area contributed by atoms with Crippen molar-refractivity contribution in [2.24, 2.45) is 0 Å². The summed E-state index contributed by atoms with van der Waals surface area (Å²) in [7, 11) is 0. The van der Waals surface area contributed by atoms with Gasteiger partial charge in [0.15, 0.2) is 0 Å². The lowest BCUT2D eigenvalue weighted by atomic mass is 10.4. The zero-order valence-corrected chi connectivity index (χ0v) is 12.1. The van der Waals surface area contributed by atoms with Crippen LogP contribution < -0.4 is 10.6 Å². The largest absolute Gasteiger partial charge is 0.394 e. The highest BCUT2D eigenvalue weighted by molar-refractivity contribution is 5.94. The lowest BCUT2D eigenvalue weighted by molar-refractivity contribution is -0.156. The van der Waals surface area contributed by atoms with Crippen molar-refractivity contribution in [3.8, 4) is 0 Å². The Kier molecular flexibility index (Phi) is 4.47. The van der Waals surface area contributed by atoms with E-state index < -0.39 is 55.6 Å². The summed E-state index contributed by atoms with van der Waals surface area (Å²) in [5, 5.41) is 3.64. The van der Waals surface area contributed by atoms with E-state index in [1.165, 1.54) is 13.8 Å². The molecule has 2 rings (SSSR count). The number of hydrogen-bond donors (Lipinski definition) is 2. The number of urea groups is 1. The fourth-order valence-corrected chi connectivity index (χ4v) is 0.951. The standard InChI is InChI=1S/C5H8N2O2.C4H7NO.C4H6O3/c1-4(8)7-3-2-6-5(7)9;6-4-2-1-3-5-4;1-3(5)7-4(2)6/h2-3H2,1H3,(H,6,9);1-3H2,(H,5,6);1-2H3/i2D2,3D2;1D2,3D2;. The number of carbonyl (C=O) groups excluding carboxylic acids is 5. The molecule has 9 heteroatoms. The number of imide groups is 1. The van der Waals surface area contributed by atoms with E-state index in [1.807, 2.05) is 5.32 Å². The molecule has 0 aromatic carbocycles. The van der Waals surface area contributed by atoms with Gasteiger partial charge >= 0.3 is 18.0 Å². The number of carbonyl (C=O) groups is 5. The highest BCUT2D eigenvalue weighted by Gasteiger charge is 2.22. The molecule has 0 aliphatic carbocycles. The molecule has 2 saturated heterocycles. The molecular formula is C13H21N3O6. The molecule has 0 spiro atoms. The maximum absolute atomic E-state index is 11.0. The highest BCUT2D eigenvalue weighted by Crippen LogP contribution is 1.95. The predicted molar refractivity (Wildman–Crippen MR) is 75.5 cm³/mol. The Labute approximate surface area is 139 Å². The van der Waals surface area contributed by atoms with E-state index >= 15 is 0 Å². The molecule has 9 nitrogen and oxygen atoms in total. The van der Waals surface area contributed by atoms with E-state index in [2.05, 4.69) is 4.74 Å². The van der Waals surface area contributed by atoms with Crippen LogP contribution in [0.5, 0.6) is 0 Å². The first-order valence-electron chi connectivity index (χ1n) is 9.81. The first-order chi connectivity index (χ1) is 13.2. The van der Waals surface area contributed by atoms with Gasteiger partial charge in [-0.1, -0.05) is 0 Å². The summed E-state index contributed by atoms with van der Waals surface area (Å²) in [5.74, 6) is -2.53. The first-order valence-corrected chi connectivity index (χ1v) is 5.81. The lowest BCUT2D eigenvalue weighted by Crippen LogP contribution is -2.31. The van der Waals surface area contributed by atoms with Gasteiger partial charge in [-0.05, 0) is 6.37 Å². The van der Waals surface area contributed by atoms with Gasteiger partial charge in [0.05, 0.1) is 5.48 Å². The second-order valence-corrected chi connectivity index (χ2v) is 3.63. The van der Waals surface area contributed by atoms with E-state index in [0.717, 1.165) is 6.92 Å². The molecule has 2 N–H and O–H groups in total. The molecule has 2 aliphatic heterocycles. The molecule has 0 bridgehead atoms. The zero-order chi connectivity index (χ0) is 24.3. The molecule has 4 amide bonds. The van der Waals surface area contributed by atoms with Crippen molar-refractivity contribution < 1.29 is 39.7 Å². The lowest BCUT2D eigenvalue weighted by Gasteiger charge is -2.06. The average molecular weight is 323 g/mol. The van der Waals surface area contributed by atoms with Gasteiger partial charge in [0.2, 0.25) is 11.8 Å². The van der Waals surface area contributed by atoms with E-state index in [1.54, 1.807) is 5.32 Å². The van der Waals surface area contributed by atoms with Gasteiger partial charge < -0.3 is 15.4 Å². The van der Waals surface area contributed by atoms with Crippen LogP contribution in [0.3, 0.4) is 0 Å². The Morgan fingerprint density at radius 3 is 1.82 bits per heavy atom. The van der Waals surface area contributed by atoms with Crippen LogP contribution in [-0.2, 0) is 23.9 Å². The fourth-order valence-electron chi connectivity index (χ4n) is 0.951. The SMILES string of the molecule is CC(=O)OC(C)=O.[2H]C1([2H])CC(=O)NC1([2H])[2H].[2H]C1([2H])NC(=O)N(C(C)=O)C1([2H])[2H]. The molecule has 0 aromatic heterocycles. The number of ether oxygens (including phenoxy) is 1. The number of amides is 4. The third-order valence-corrected chi connectivity index (χ3v) is 1.68. The smallest absolute Gasteiger partial charge is 0.324 e. The molecular weight excluding hydrogens is 294 g/mol. The normalized spacial score (nSPS) is 30.0. The molecule has 0 aromatic rings. The van der Waals surface area contributed by atoms with Crippen molar-refractivity contribution in [2.75, 3.05) is 19.5 Å². The zero-order valence-electron chi connectivity index (χ0n) is 20.1. The molecule has 0 atom stereocenters. The number of rotatable bonds is 0. The first kappa shape index (κ1) is 9.54. The van der Waals surface area contributed by atoms with Crippen LogP contribution >= 0.6 is 0 Å². The Morgan fingerprint density at radius 1 is 1.09 bits per heavy atom. The summed E-state index contributed by atoms with van der Waals surface area (Å²) in [4.78, 5) is 52.1. The maximum Gasteiger partial charge on any atom is 0.324 e. The van der Waals surface area contributed by atoms with Gasteiger partial charge in [-0.2, -0.15) is 0 Å². The van der Waals surface area contributed by atoms with Crippen LogP contribution in [0.25, 0.3) is 0 Å². The van der Waals surface area contributed by atoms with Crippen molar-refractivity contribution >= 4 is 29.8 Å². The van der Waals surface area contributed by atoms with Crippen LogP contribution in [0.2, 0.25) is 0 Å². The second-order valence-electron chi connectivity index (χ2n) is 3.63. The third-order valence-electron chi connectivity index (χ3n) is 1.68. The number of nitrogens with zero attached hydrogens (tertiary/aromatic N) is 1. The number of hydrogen-bond acceptors (Lipinski definition) is 6. The van der Waals surface area contributed by atoms with Gasteiger partial charge in [0.25, 0.3) is 0 Å². The van der Waals surface area contributed by atoms with Crippen molar-refractivity contribution in [1.29, 1.82) is 0 Å². The van der Waals surface area contributed by atoms with E-state index in [0.29, 0.717) is 0 Å². The van der Waals surface area contributed by atoms with E-state index in [4.69, 9.17) is 11.0 Å². The number of esters is 2. The average Bonchev–Trinajstić information content (AvgIpc) is 2.71. The summed E-state index contributed by atoms with van der Waals surface area (Å²) in [5.41, 5.74) is 0. The van der Waals surface area contributed by atoms with Crippen molar-refractivity contribution in [3.05, 3.63) is 0 Å². The van der Waals surface area contributed by atoms with Crippen LogP contribution in [0.15, 0.2) is 0 Å². The Bertz CT molecular complexity index is 712. The van der Waals surface area contributed by atoms with Crippen LogP contribution in [0.4, 0.5) is 4.79 Å². The van der Waals surface area contributed by atoms with Gasteiger partial charge in [-0.15, -0.1) is 0 Å².